The molecular weight excluding hydrogens is 547 g/mol. The van der Waals surface area contributed by atoms with Crippen LogP contribution in [0.15, 0.2) is 72.0 Å². The molecular formula is C30H24F3N7O2. The highest BCUT2D eigenvalue weighted by Gasteiger charge is 2.32. The van der Waals surface area contributed by atoms with Crippen molar-refractivity contribution in [2.75, 3.05) is 28.6 Å². The summed E-state index contributed by atoms with van der Waals surface area (Å²) in [7, 11) is 0. The Hall–Kier alpha value is -5.10. The smallest absolute Gasteiger partial charge is 0.392 e. The summed E-state index contributed by atoms with van der Waals surface area (Å²) in [6, 6.07) is 14.2. The molecule has 0 unspecified atom stereocenters. The maximum atomic E-state index is 13.1. The molecule has 2 aliphatic heterocycles. The molecule has 42 heavy (non-hydrogen) atoms. The number of halogens is 3. The molecule has 2 aromatic carbocycles. The number of nitrogens with zero attached hydrogens (tertiary/aromatic N) is 5. The van der Waals surface area contributed by atoms with Crippen LogP contribution in [0.2, 0.25) is 0 Å². The highest BCUT2D eigenvalue weighted by atomic mass is 19.4. The minimum Gasteiger partial charge on any atom is -0.392 e. The van der Waals surface area contributed by atoms with Crippen molar-refractivity contribution in [1.29, 1.82) is 0 Å². The van der Waals surface area contributed by atoms with Gasteiger partial charge in [-0.15, -0.1) is 0 Å². The summed E-state index contributed by atoms with van der Waals surface area (Å²) >= 11 is 0. The van der Waals surface area contributed by atoms with Gasteiger partial charge in [-0.05, 0) is 66.1 Å². The third kappa shape index (κ3) is 5.31. The number of hydrogen-bond acceptors (Lipinski definition) is 8. The molecule has 1 amide bonds. The second-order valence-corrected chi connectivity index (χ2v) is 9.78. The molecule has 4 heterocycles. The summed E-state index contributed by atoms with van der Waals surface area (Å²) in [5.41, 5.74) is 3.93. The van der Waals surface area contributed by atoms with Crippen LogP contribution in [0, 0.1) is 6.92 Å². The zero-order valence-corrected chi connectivity index (χ0v) is 22.3. The SMILES string of the molecule is Cc1ccc(NC(=O)c2cc(C(F)(F)F)ccn2)cc1C1=Cc2cnc(Nc3cccc(CO)c3)nc2N2CCN=C12. The fraction of sp³-hybridized carbons (Fsp3) is 0.167. The second kappa shape index (κ2) is 10.7. The van der Waals surface area contributed by atoms with E-state index in [0.717, 1.165) is 57.7 Å². The lowest BCUT2D eigenvalue weighted by molar-refractivity contribution is -0.137. The van der Waals surface area contributed by atoms with E-state index in [9.17, 15) is 23.1 Å². The van der Waals surface area contributed by atoms with Gasteiger partial charge in [0, 0.05) is 41.4 Å². The van der Waals surface area contributed by atoms with Crippen molar-refractivity contribution in [2.45, 2.75) is 19.7 Å². The number of anilines is 4. The summed E-state index contributed by atoms with van der Waals surface area (Å²) in [5, 5.41) is 15.3. The third-order valence-corrected chi connectivity index (χ3v) is 6.90. The van der Waals surface area contributed by atoms with Gasteiger partial charge >= 0.3 is 6.18 Å². The number of rotatable bonds is 6. The summed E-state index contributed by atoms with van der Waals surface area (Å²) in [4.78, 5) is 32.6. The number of nitrogens with one attached hydrogen (secondary N) is 2. The van der Waals surface area contributed by atoms with Gasteiger partial charge in [-0.1, -0.05) is 18.2 Å². The molecule has 0 aliphatic carbocycles. The number of amides is 1. The van der Waals surface area contributed by atoms with Crippen molar-refractivity contribution in [2.24, 2.45) is 4.99 Å². The van der Waals surface area contributed by atoms with Gasteiger partial charge in [0.2, 0.25) is 5.95 Å². The molecule has 0 atom stereocenters. The van der Waals surface area contributed by atoms with Crippen LogP contribution in [0.25, 0.3) is 11.6 Å². The van der Waals surface area contributed by atoms with Gasteiger partial charge in [-0.3, -0.25) is 14.8 Å². The normalized spacial score (nSPS) is 14.1. The molecule has 0 radical (unpaired) electrons. The number of benzene rings is 2. The Labute approximate surface area is 238 Å². The zero-order chi connectivity index (χ0) is 29.4. The lowest BCUT2D eigenvalue weighted by Crippen LogP contribution is -2.32. The number of carbonyl (C=O) groups is 1. The van der Waals surface area contributed by atoms with Gasteiger partial charge < -0.3 is 20.6 Å². The molecule has 3 N–H and O–H groups in total. The van der Waals surface area contributed by atoms with Crippen molar-refractivity contribution in [3.8, 4) is 0 Å². The van der Waals surface area contributed by atoms with E-state index in [4.69, 9.17) is 9.98 Å². The Balaban J connectivity index is 1.30. The number of aryl methyl sites for hydroxylation is 1. The monoisotopic (exact) mass is 571 g/mol. The number of aliphatic hydroxyl groups excluding tert-OH is 1. The molecule has 2 aromatic heterocycles. The molecule has 0 saturated heterocycles. The standard InChI is InChI=1S/C30H24F3N7O2/c1-17-5-6-22(37-28(42)25-13-20(7-8-34-25)30(31,32)33)14-23(17)24-12-19-15-36-29(38-21-4-2-3-18(11-21)16-41)39-26(19)40-10-9-35-27(24)40/h2-8,11-15,41H,9-10,16H2,1H3,(H,37,42)(H,36,38,39). The van der Waals surface area contributed by atoms with Crippen molar-refractivity contribution in [1.82, 2.24) is 15.0 Å². The van der Waals surface area contributed by atoms with Crippen LogP contribution in [0.5, 0.6) is 0 Å². The van der Waals surface area contributed by atoms with E-state index in [1.807, 2.05) is 48.2 Å². The molecule has 0 saturated carbocycles. The van der Waals surface area contributed by atoms with E-state index >= 15 is 0 Å². The molecule has 9 nitrogen and oxygen atoms in total. The molecule has 0 fully saturated rings. The minimum atomic E-state index is -4.59. The second-order valence-electron chi connectivity index (χ2n) is 9.78. The molecule has 6 rings (SSSR count). The first-order chi connectivity index (χ1) is 20.2. The van der Waals surface area contributed by atoms with Gasteiger partial charge in [-0.25, -0.2) is 4.98 Å². The predicted octanol–water partition coefficient (Wildman–Crippen LogP) is 5.46. The van der Waals surface area contributed by atoms with Crippen molar-refractivity contribution in [3.05, 3.63) is 101 Å². The average molecular weight is 572 g/mol. The number of amidine groups is 1. The van der Waals surface area contributed by atoms with Crippen LogP contribution in [0.1, 0.15) is 38.3 Å². The number of aromatic nitrogens is 3. The third-order valence-electron chi connectivity index (χ3n) is 6.90. The highest BCUT2D eigenvalue weighted by Crippen LogP contribution is 2.37. The van der Waals surface area contributed by atoms with E-state index in [0.29, 0.717) is 30.5 Å². The summed E-state index contributed by atoms with van der Waals surface area (Å²) in [6.45, 7) is 3.03. The first-order valence-corrected chi connectivity index (χ1v) is 13.0. The first-order valence-electron chi connectivity index (χ1n) is 13.0. The molecule has 2 aliphatic rings. The Kier molecular flexibility index (Phi) is 6.91. The predicted molar refractivity (Wildman–Crippen MR) is 154 cm³/mol. The number of alkyl halides is 3. The fourth-order valence-corrected chi connectivity index (χ4v) is 4.86. The van der Waals surface area contributed by atoms with Gasteiger partial charge in [0.05, 0.1) is 18.7 Å². The lowest BCUT2D eigenvalue weighted by atomic mass is 9.94. The number of aliphatic imine (C=N–C) groups is 1. The summed E-state index contributed by atoms with van der Waals surface area (Å²) in [6.07, 6.45) is 0.0349. The van der Waals surface area contributed by atoms with E-state index < -0.39 is 17.6 Å². The van der Waals surface area contributed by atoms with Gasteiger partial charge in [0.15, 0.2) is 0 Å². The van der Waals surface area contributed by atoms with Crippen LogP contribution >= 0.6 is 0 Å². The zero-order valence-electron chi connectivity index (χ0n) is 22.3. The lowest BCUT2D eigenvalue weighted by Gasteiger charge is -2.28. The largest absolute Gasteiger partial charge is 0.416 e. The number of carbonyl (C=O) groups excluding carboxylic acids is 1. The molecule has 0 spiro atoms. The average Bonchev–Trinajstić information content (AvgIpc) is 3.48. The summed E-state index contributed by atoms with van der Waals surface area (Å²) in [5.74, 6) is 1.07. The molecule has 212 valence electrons. The van der Waals surface area contributed by atoms with Crippen LogP contribution in [-0.2, 0) is 12.8 Å². The molecule has 4 aromatic rings. The number of aliphatic hydroxyl groups is 1. The minimum absolute atomic E-state index is 0.0752. The molecule has 12 heteroatoms. The Morgan fingerprint density at radius 1 is 1.07 bits per heavy atom. The quantitative estimate of drug-likeness (QED) is 0.282. The van der Waals surface area contributed by atoms with E-state index in [2.05, 4.69) is 20.6 Å². The van der Waals surface area contributed by atoms with Crippen molar-refractivity contribution < 1.29 is 23.1 Å². The Morgan fingerprint density at radius 3 is 2.74 bits per heavy atom. The van der Waals surface area contributed by atoms with Crippen LogP contribution in [0.3, 0.4) is 0 Å². The van der Waals surface area contributed by atoms with Crippen LogP contribution in [0.4, 0.5) is 36.3 Å². The number of hydrogen-bond donors (Lipinski definition) is 3. The van der Waals surface area contributed by atoms with E-state index in [1.54, 1.807) is 18.3 Å². The highest BCUT2D eigenvalue weighted by molar-refractivity contribution is 6.36. The van der Waals surface area contributed by atoms with Crippen molar-refractivity contribution in [3.63, 3.8) is 0 Å². The molecule has 0 bridgehead atoms. The number of fused-ring (bicyclic) bond motifs is 3. The maximum absolute atomic E-state index is 13.1. The Morgan fingerprint density at radius 2 is 1.93 bits per heavy atom. The fourth-order valence-electron chi connectivity index (χ4n) is 4.86. The van der Waals surface area contributed by atoms with E-state index in [1.165, 1.54) is 0 Å². The Bertz CT molecular complexity index is 1770. The topological polar surface area (TPSA) is 116 Å². The number of pyridine rings is 1. The summed E-state index contributed by atoms with van der Waals surface area (Å²) < 4.78 is 39.4. The van der Waals surface area contributed by atoms with Crippen molar-refractivity contribution >= 4 is 46.5 Å². The maximum Gasteiger partial charge on any atom is 0.416 e. The van der Waals surface area contributed by atoms with E-state index in [-0.39, 0.29) is 12.3 Å². The van der Waals surface area contributed by atoms with Gasteiger partial charge in [-0.2, -0.15) is 18.2 Å². The first kappa shape index (κ1) is 27.1. The van der Waals surface area contributed by atoms with Crippen LogP contribution in [-0.4, -0.2) is 44.9 Å². The van der Waals surface area contributed by atoms with Gasteiger partial charge in [0.1, 0.15) is 17.3 Å². The van der Waals surface area contributed by atoms with Gasteiger partial charge in [0.25, 0.3) is 5.91 Å². The van der Waals surface area contributed by atoms with Crippen LogP contribution < -0.4 is 15.5 Å².